The average molecular weight is 887 g/mol. The number of nitrogens with zero attached hydrogens (tertiary/aromatic N) is 2. The highest BCUT2D eigenvalue weighted by molar-refractivity contribution is 6.21. The van der Waals surface area contributed by atoms with Gasteiger partial charge in [0.05, 0.1) is 11.4 Å². The minimum atomic E-state index is -0.317. The predicted octanol–water partition coefficient (Wildman–Crippen LogP) is 18.8. The SMILES string of the molecule is Cc1ccc(N(c2ccc3c4c(ccc3c2)-c2c(c3ccc(N(c5ccc(C)cc5)c5cccc6c5oc5ccccc56)cc3c3ccccc23)C4(C)C)c2cccc3c2oc2ccccc23)cc1. The third-order valence-electron chi connectivity index (χ3n) is 14.9. The van der Waals surface area contributed by atoms with Crippen molar-refractivity contribution in [2.45, 2.75) is 33.1 Å². The van der Waals surface area contributed by atoms with Gasteiger partial charge in [-0.25, -0.2) is 0 Å². The summed E-state index contributed by atoms with van der Waals surface area (Å²) in [5, 5.41) is 11.9. The highest BCUT2D eigenvalue weighted by atomic mass is 16.3. The van der Waals surface area contributed by atoms with Gasteiger partial charge in [-0.2, -0.15) is 0 Å². The molecule has 2 heterocycles. The fraction of sp³-hybridized carbons (Fsp3) is 0.0769. The highest BCUT2D eigenvalue weighted by Crippen LogP contribution is 2.57. The summed E-state index contributed by atoms with van der Waals surface area (Å²) >= 11 is 0. The lowest BCUT2D eigenvalue weighted by Crippen LogP contribution is -2.16. The summed E-state index contributed by atoms with van der Waals surface area (Å²) in [7, 11) is 0. The largest absolute Gasteiger partial charge is 0.454 e. The zero-order valence-corrected chi connectivity index (χ0v) is 38.8. The second-order valence-corrected chi connectivity index (χ2v) is 19.4. The number of fused-ring (bicyclic) bond motifs is 16. The number of hydrogen-bond acceptors (Lipinski definition) is 4. The van der Waals surface area contributed by atoms with Crippen LogP contribution >= 0.6 is 0 Å². The molecule has 0 saturated carbocycles. The van der Waals surface area contributed by atoms with Crippen LogP contribution in [0, 0.1) is 13.8 Å². The summed E-state index contributed by atoms with van der Waals surface area (Å²) in [6.45, 7) is 9.13. The monoisotopic (exact) mass is 886 g/mol. The molecule has 13 aromatic rings. The first-order valence-corrected chi connectivity index (χ1v) is 23.9. The Morgan fingerprint density at radius 1 is 0.348 bits per heavy atom. The molecule has 0 amide bonds. The van der Waals surface area contributed by atoms with E-state index in [0.717, 1.165) is 78.0 Å². The zero-order valence-electron chi connectivity index (χ0n) is 38.8. The topological polar surface area (TPSA) is 32.8 Å². The maximum Gasteiger partial charge on any atom is 0.159 e. The molecule has 0 aliphatic heterocycles. The number of benzene rings is 11. The van der Waals surface area contributed by atoms with E-state index in [-0.39, 0.29) is 5.41 Å². The summed E-state index contributed by atoms with van der Waals surface area (Å²) in [5.74, 6) is 0. The van der Waals surface area contributed by atoms with Gasteiger partial charge in [0.25, 0.3) is 0 Å². The molecule has 69 heavy (non-hydrogen) atoms. The van der Waals surface area contributed by atoms with E-state index in [4.69, 9.17) is 8.83 Å². The molecule has 0 bridgehead atoms. The van der Waals surface area contributed by atoms with Gasteiger partial charge in [0.15, 0.2) is 11.2 Å². The van der Waals surface area contributed by atoms with Crippen molar-refractivity contribution in [3.05, 3.63) is 229 Å². The van der Waals surface area contributed by atoms with Crippen molar-refractivity contribution in [1.29, 1.82) is 0 Å². The highest BCUT2D eigenvalue weighted by Gasteiger charge is 2.40. The molecule has 1 aliphatic rings. The third-order valence-corrected chi connectivity index (χ3v) is 14.9. The number of hydrogen-bond donors (Lipinski definition) is 0. The molecular formula is C65H46N2O2. The molecule has 14 rings (SSSR count). The van der Waals surface area contributed by atoms with Crippen molar-refractivity contribution in [2.75, 3.05) is 9.80 Å². The van der Waals surface area contributed by atoms with E-state index in [1.54, 1.807) is 0 Å². The van der Waals surface area contributed by atoms with Gasteiger partial charge in [0.2, 0.25) is 0 Å². The minimum Gasteiger partial charge on any atom is -0.454 e. The van der Waals surface area contributed by atoms with Crippen molar-refractivity contribution in [3.63, 3.8) is 0 Å². The normalized spacial score (nSPS) is 13.0. The van der Waals surface area contributed by atoms with Crippen LogP contribution in [-0.4, -0.2) is 0 Å². The minimum absolute atomic E-state index is 0.317. The van der Waals surface area contributed by atoms with E-state index in [9.17, 15) is 0 Å². The lowest BCUT2D eigenvalue weighted by molar-refractivity contribution is 0.668. The number of furan rings is 2. The molecule has 0 spiro atoms. The average Bonchev–Trinajstić information content (AvgIpc) is 4.04. The fourth-order valence-corrected chi connectivity index (χ4v) is 11.8. The maximum absolute atomic E-state index is 6.70. The molecular weight excluding hydrogens is 841 g/mol. The molecule has 4 heteroatoms. The summed E-state index contributed by atoms with van der Waals surface area (Å²) in [5.41, 5.74) is 17.3. The molecule has 11 aromatic carbocycles. The van der Waals surface area contributed by atoms with Gasteiger partial charge in [-0.1, -0.05) is 158 Å². The Kier molecular flexibility index (Phi) is 8.43. The Labute approximate surface area is 399 Å². The Balaban J connectivity index is 0.951. The Bertz CT molecular complexity index is 4250. The van der Waals surface area contributed by atoms with Crippen LogP contribution in [0.15, 0.2) is 215 Å². The molecule has 2 aromatic heterocycles. The second-order valence-electron chi connectivity index (χ2n) is 19.4. The van der Waals surface area contributed by atoms with Crippen LogP contribution < -0.4 is 9.80 Å². The Morgan fingerprint density at radius 3 is 1.41 bits per heavy atom. The summed E-state index contributed by atoms with van der Waals surface area (Å²) in [4.78, 5) is 4.72. The van der Waals surface area contributed by atoms with Crippen LogP contribution in [0.3, 0.4) is 0 Å². The van der Waals surface area contributed by atoms with E-state index < -0.39 is 0 Å². The van der Waals surface area contributed by atoms with E-state index in [2.05, 4.69) is 232 Å². The first kappa shape index (κ1) is 39.6. The van der Waals surface area contributed by atoms with E-state index in [1.807, 2.05) is 12.1 Å². The van der Waals surface area contributed by atoms with E-state index in [0.29, 0.717) is 0 Å². The van der Waals surface area contributed by atoms with Gasteiger partial charge in [-0.05, 0) is 141 Å². The Morgan fingerprint density at radius 2 is 0.826 bits per heavy atom. The van der Waals surface area contributed by atoms with Crippen molar-refractivity contribution in [2.24, 2.45) is 0 Å². The first-order chi connectivity index (χ1) is 33.8. The fourth-order valence-electron chi connectivity index (χ4n) is 11.8. The zero-order chi connectivity index (χ0) is 46.1. The summed E-state index contributed by atoms with van der Waals surface area (Å²) < 4.78 is 13.4. The maximum atomic E-state index is 6.70. The molecule has 0 saturated heterocycles. The molecule has 1 aliphatic carbocycles. The smallest absolute Gasteiger partial charge is 0.159 e. The van der Waals surface area contributed by atoms with Gasteiger partial charge >= 0.3 is 0 Å². The summed E-state index contributed by atoms with van der Waals surface area (Å²) in [6.07, 6.45) is 0. The summed E-state index contributed by atoms with van der Waals surface area (Å²) in [6, 6.07) is 75.1. The van der Waals surface area contributed by atoms with E-state index >= 15 is 0 Å². The van der Waals surface area contributed by atoms with Crippen LogP contribution in [0.25, 0.3) is 87.3 Å². The lowest BCUT2D eigenvalue weighted by atomic mass is 9.77. The number of aryl methyl sites for hydroxylation is 2. The number of rotatable bonds is 6. The van der Waals surface area contributed by atoms with Gasteiger partial charge < -0.3 is 18.6 Å². The van der Waals surface area contributed by atoms with Crippen molar-refractivity contribution >= 4 is 110 Å². The molecule has 328 valence electrons. The first-order valence-electron chi connectivity index (χ1n) is 23.9. The van der Waals surface area contributed by atoms with Crippen LogP contribution in [0.1, 0.15) is 36.1 Å². The molecule has 4 nitrogen and oxygen atoms in total. The third kappa shape index (κ3) is 5.82. The molecule has 0 N–H and O–H groups in total. The van der Waals surface area contributed by atoms with Crippen LogP contribution in [0.5, 0.6) is 0 Å². The standard InChI is InChI=1S/C65H46N2O2/c1-39-23-28-42(29-24-39)66(56-19-11-17-52-48-14-7-9-21-58(48)68-63(52)56)44-32-35-46-41(37-44)27-34-54-60-50-16-6-5-13-47(50)55-38-45(33-36-51(55)62(60)65(3,4)61(46)54)67(43-30-25-40(2)26-31-43)57-20-12-18-53-49-15-8-10-22-59(49)69-64(53)57/h5-38H,1-4H3. The van der Waals surface area contributed by atoms with Gasteiger partial charge in [-0.3, -0.25) is 0 Å². The molecule has 0 fully saturated rings. The van der Waals surface area contributed by atoms with Crippen LogP contribution in [-0.2, 0) is 5.41 Å². The Hall–Kier alpha value is -8.60. The van der Waals surface area contributed by atoms with Crippen molar-refractivity contribution in [3.8, 4) is 11.1 Å². The second kappa shape index (κ2) is 14.7. The van der Waals surface area contributed by atoms with Gasteiger partial charge in [-0.15, -0.1) is 0 Å². The molecule has 0 radical (unpaired) electrons. The van der Waals surface area contributed by atoms with Crippen LogP contribution in [0.4, 0.5) is 34.1 Å². The van der Waals surface area contributed by atoms with Crippen LogP contribution in [0.2, 0.25) is 0 Å². The molecule has 0 atom stereocenters. The van der Waals surface area contributed by atoms with E-state index in [1.165, 1.54) is 65.7 Å². The van der Waals surface area contributed by atoms with Gasteiger partial charge in [0.1, 0.15) is 11.2 Å². The number of anilines is 6. The molecule has 0 unspecified atom stereocenters. The van der Waals surface area contributed by atoms with Crippen molar-refractivity contribution in [1.82, 2.24) is 0 Å². The lowest BCUT2D eigenvalue weighted by Gasteiger charge is -2.28. The van der Waals surface area contributed by atoms with Gasteiger partial charge in [0, 0.05) is 49.7 Å². The number of para-hydroxylation sites is 4. The van der Waals surface area contributed by atoms with Crippen molar-refractivity contribution < 1.29 is 8.83 Å². The predicted molar refractivity (Wildman–Crippen MR) is 290 cm³/mol. The quantitative estimate of drug-likeness (QED) is 0.156.